The van der Waals surface area contributed by atoms with E-state index in [1.54, 1.807) is 24.1 Å². The first-order valence-corrected chi connectivity index (χ1v) is 9.66. The molecular weight excluding hydrogens is 390 g/mol. The number of amides is 2. The highest BCUT2D eigenvalue weighted by Gasteiger charge is 2.36. The topological polar surface area (TPSA) is 83.8 Å². The van der Waals surface area contributed by atoms with Gasteiger partial charge in [0.1, 0.15) is 6.04 Å². The van der Waals surface area contributed by atoms with Gasteiger partial charge in [0, 0.05) is 37.3 Å². The van der Waals surface area contributed by atoms with Crippen molar-refractivity contribution in [1.29, 1.82) is 0 Å². The Labute approximate surface area is 165 Å². The van der Waals surface area contributed by atoms with E-state index in [1.807, 2.05) is 5.38 Å². The van der Waals surface area contributed by atoms with Crippen molar-refractivity contribution in [2.75, 3.05) is 13.6 Å². The van der Waals surface area contributed by atoms with Gasteiger partial charge in [-0.2, -0.15) is 0 Å². The zero-order valence-electron chi connectivity index (χ0n) is 14.6. The van der Waals surface area contributed by atoms with Crippen LogP contribution in [0.1, 0.15) is 28.1 Å². The first kappa shape index (κ1) is 19.3. The Hall–Kier alpha value is -2.45. The number of likely N-dealkylation sites (N-methyl/N-ethyl adjacent to an activating group) is 1. The Morgan fingerprint density at radius 3 is 2.85 bits per heavy atom. The van der Waals surface area contributed by atoms with Gasteiger partial charge >= 0.3 is 0 Å². The summed E-state index contributed by atoms with van der Waals surface area (Å²) in [6.07, 6.45) is 1.36. The minimum absolute atomic E-state index is 0.0781. The van der Waals surface area contributed by atoms with Gasteiger partial charge in [-0.3, -0.25) is 19.7 Å². The van der Waals surface area contributed by atoms with Crippen LogP contribution in [0.3, 0.4) is 0 Å². The van der Waals surface area contributed by atoms with E-state index >= 15 is 0 Å². The minimum Gasteiger partial charge on any atom is -0.340 e. The predicted molar refractivity (Wildman–Crippen MR) is 103 cm³/mol. The third-order valence-corrected chi connectivity index (χ3v) is 5.78. The van der Waals surface area contributed by atoms with Crippen molar-refractivity contribution < 1.29 is 14.5 Å². The van der Waals surface area contributed by atoms with Crippen molar-refractivity contribution in [3.63, 3.8) is 0 Å². The maximum Gasteiger partial charge on any atom is 0.269 e. The molecule has 9 heteroatoms. The van der Waals surface area contributed by atoms with Gasteiger partial charge in [0.15, 0.2) is 0 Å². The highest BCUT2D eigenvalue weighted by molar-refractivity contribution is 7.12. The molecule has 0 saturated carbocycles. The number of halogens is 1. The van der Waals surface area contributed by atoms with Crippen molar-refractivity contribution >= 4 is 40.4 Å². The molecular formula is C18H18ClN3O4S. The van der Waals surface area contributed by atoms with Crippen molar-refractivity contribution in [1.82, 2.24) is 9.80 Å². The standard InChI is InChI=1S/C18H18ClN3O4S/c1-20(11-12-10-13(22(25)26)6-7-14(12)19)17(23)15-4-2-8-21(15)18(24)16-5-3-9-27-16/h3,5-7,9-10,15H,2,4,8,11H2,1H3/t15-/m0/s1. The molecule has 0 spiro atoms. The molecule has 1 aromatic heterocycles. The van der Waals surface area contributed by atoms with E-state index in [-0.39, 0.29) is 24.0 Å². The molecule has 0 radical (unpaired) electrons. The molecule has 0 aliphatic carbocycles. The van der Waals surface area contributed by atoms with Crippen molar-refractivity contribution in [3.8, 4) is 0 Å². The van der Waals surface area contributed by atoms with Gasteiger partial charge in [0.25, 0.3) is 11.6 Å². The molecule has 0 N–H and O–H groups in total. The summed E-state index contributed by atoms with van der Waals surface area (Å²) in [5, 5.41) is 13.2. The number of carbonyl (C=O) groups is 2. The summed E-state index contributed by atoms with van der Waals surface area (Å²) < 4.78 is 0. The number of hydrogen-bond donors (Lipinski definition) is 0. The van der Waals surface area contributed by atoms with Crippen LogP contribution < -0.4 is 0 Å². The second kappa shape index (κ2) is 8.06. The van der Waals surface area contributed by atoms with E-state index in [9.17, 15) is 19.7 Å². The van der Waals surface area contributed by atoms with Crippen LogP contribution in [0.2, 0.25) is 5.02 Å². The fourth-order valence-corrected chi connectivity index (χ4v) is 4.05. The van der Waals surface area contributed by atoms with E-state index in [0.717, 1.165) is 6.42 Å². The average molecular weight is 408 g/mol. The van der Waals surface area contributed by atoms with Gasteiger partial charge in [0.05, 0.1) is 9.80 Å². The lowest BCUT2D eigenvalue weighted by Crippen LogP contribution is -2.46. The zero-order chi connectivity index (χ0) is 19.6. The number of carbonyl (C=O) groups excluding carboxylic acids is 2. The summed E-state index contributed by atoms with van der Waals surface area (Å²) in [7, 11) is 1.61. The van der Waals surface area contributed by atoms with Gasteiger partial charge in [0.2, 0.25) is 5.91 Å². The number of benzene rings is 1. The number of likely N-dealkylation sites (tertiary alicyclic amines) is 1. The largest absolute Gasteiger partial charge is 0.340 e. The first-order chi connectivity index (χ1) is 12.9. The van der Waals surface area contributed by atoms with E-state index < -0.39 is 11.0 Å². The molecule has 142 valence electrons. The Morgan fingerprint density at radius 1 is 1.41 bits per heavy atom. The van der Waals surface area contributed by atoms with E-state index in [2.05, 4.69) is 0 Å². The summed E-state index contributed by atoms with van der Waals surface area (Å²) in [4.78, 5) is 39.7. The second-order valence-corrected chi connectivity index (χ2v) is 7.72. The van der Waals surface area contributed by atoms with Gasteiger partial charge < -0.3 is 9.80 Å². The SMILES string of the molecule is CN(Cc1cc([N+](=O)[O-])ccc1Cl)C(=O)[C@@H]1CCCN1C(=O)c1cccs1. The average Bonchev–Trinajstić information content (AvgIpc) is 3.33. The van der Waals surface area contributed by atoms with Gasteiger partial charge in [-0.1, -0.05) is 17.7 Å². The van der Waals surface area contributed by atoms with Crippen LogP contribution in [-0.2, 0) is 11.3 Å². The summed E-state index contributed by atoms with van der Waals surface area (Å²) >= 11 is 7.48. The lowest BCUT2D eigenvalue weighted by Gasteiger charge is -2.28. The Balaban J connectivity index is 1.74. The lowest BCUT2D eigenvalue weighted by molar-refractivity contribution is -0.384. The van der Waals surface area contributed by atoms with Crippen LogP contribution in [0.5, 0.6) is 0 Å². The zero-order valence-corrected chi connectivity index (χ0v) is 16.2. The number of nitro benzene ring substituents is 1. The van der Waals surface area contributed by atoms with Crippen LogP contribution in [0.4, 0.5) is 5.69 Å². The molecule has 2 amide bonds. The van der Waals surface area contributed by atoms with E-state index in [1.165, 1.54) is 34.4 Å². The Morgan fingerprint density at radius 2 is 2.19 bits per heavy atom. The summed E-state index contributed by atoms with van der Waals surface area (Å²) in [6.45, 7) is 0.676. The van der Waals surface area contributed by atoms with E-state index in [0.29, 0.717) is 28.4 Å². The minimum atomic E-state index is -0.526. The molecule has 2 heterocycles. The normalized spacial score (nSPS) is 16.4. The molecule has 0 unspecified atom stereocenters. The molecule has 1 aliphatic heterocycles. The molecule has 0 bridgehead atoms. The molecule has 1 atom stereocenters. The molecule has 7 nitrogen and oxygen atoms in total. The molecule has 2 aromatic rings. The van der Waals surface area contributed by atoms with Gasteiger partial charge in [-0.05, 0) is 35.9 Å². The van der Waals surface area contributed by atoms with Gasteiger partial charge in [-0.15, -0.1) is 11.3 Å². The summed E-state index contributed by atoms with van der Waals surface area (Å²) in [5.41, 5.74) is 0.418. The number of nitro groups is 1. The second-order valence-electron chi connectivity index (χ2n) is 6.36. The third kappa shape index (κ3) is 4.12. The molecule has 1 aliphatic rings. The number of rotatable bonds is 5. The number of non-ortho nitro benzene ring substituents is 1. The number of thiophene rings is 1. The molecule has 1 saturated heterocycles. The highest BCUT2D eigenvalue weighted by Crippen LogP contribution is 2.26. The number of nitrogens with zero attached hydrogens (tertiary/aromatic N) is 3. The molecule has 1 fully saturated rings. The number of hydrogen-bond acceptors (Lipinski definition) is 5. The Bertz CT molecular complexity index is 871. The van der Waals surface area contributed by atoms with Crippen molar-refractivity contribution in [2.45, 2.75) is 25.4 Å². The molecule has 3 rings (SSSR count). The summed E-state index contributed by atoms with van der Waals surface area (Å²) in [5.74, 6) is -0.331. The smallest absolute Gasteiger partial charge is 0.269 e. The van der Waals surface area contributed by atoms with Crippen LogP contribution in [0, 0.1) is 10.1 Å². The van der Waals surface area contributed by atoms with Crippen LogP contribution >= 0.6 is 22.9 Å². The maximum absolute atomic E-state index is 12.9. The van der Waals surface area contributed by atoms with Crippen molar-refractivity contribution in [2.24, 2.45) is 0 Å². The van der Waals surface area contributed by atoms with Crippen LogP contribution in [0.15, 0.2) is 35.7 Å². The fraction of sp³-hybridized carbons (Fsp3) is 0.333. The highest BCUT2D eigenvalue weighted by atomic mass is 35.5. The summed E-state index contributed by atoms with van der Waals surface area (Å²) in [6, 6.07) is 7.18. The van der Waals surface area contributed by atoms with Crippen LogP contribution in [0.25, 0.3) is 0 Å². The lowest BCUT2D eigenvalue weighted by atomic mass is 10.1. The predicted octanol–water partition coefficient (Wildman–Crippen LogP) is 3.57. The van der Waals surface area contributed by atoms with Crippen LogP contribution in [-0.4, -0.2) is 46.2 Å². The van der Waals surface area contributed by atoms with Gasteiger partial charge in [-0.25, -0.2) is 0 Å². The fourth-order valence-electron chi connectivity index (χ4n) is 3.19. The van der Waals surface area contributed by atoms with Crippen molar-refractivity contribution in [3.05, 3.63) is 61.3 Å². The maximum atomic E-state index is 12.9. The molecule has 27 heavy (non-hydrogen) atoms. The Kier molecular flexibility index (Phi) is 5.76. The third-order valence-electron chi connectivity index (χ3n) is 4.55. The van der Waals surface area contributed by atoms with E-state index in [4.69, 9.17) is 11.6 Å². The first-order valence-electron chi connectivity index (χ1n) is 8.40. The monoisotopic (exact) mass is 407 g/mol. The molecule has 1 aromatic carbocycles. The quantitative estimate of drug-likeness (QED) is 0.560.